The molecular formula is C21H15ClFNO3. The average molecular weight is 384 g/mol. The summed E-state index contributed by atoms with van der Waals surface area (Å²) in [5.41, 5.74) is 1.13. The first-order valence-electron chi connectivity index (χ1n) is 8.11. The monoisotopic (exact) mass is 383 g/mol. The highest BCUT2D eigenvalue weighted by atomic mass is 35.5. The van der Waals surface area contributed by atoms with Gasteiger partial charge in [0, 0.05) is 16.3 Å². The molecule has 0 radical (unpaired) electrons. The van der Waals surface area contributed by atoms with Crippen LogP contribution in [0.1, 0.15) is 22.0 Å². The Morgan fingerprint density at radius 2 is 1.63 bits per heavy atom. The van der Waals surface area contributed by atoms with Crippen LogP contribution in [0.2, 0.25) is 5.02 Å². The second-order valence-corrected chi connectivity index (χ2v) is 6.14. The van der Waals surface area contributed by atoms with Crippen LogP contribution in [0.3, 0.4) is 0 Å². The van der Waals surface area contributed by atoms with Crippen molar-refractivity contribution in [2.45, 2.75) is 6.10 Å². The topological polar surface area (TPSA) is 55.4 Å². The van der Waals surface area contributed by atoms with E-state index in [2.05, 4.69) is 5.32 Å². The van der Waals surface area contributed by atoms with E-state index in [0.717, 1.165) is 0 Å². The maximum Gasteiger partial charge on any atom is 0.339 e. The van der Waals surface area contributed by atoms with E-state index in [4.69, 9.17) is 16.3 Å². The average Bonchev–Trinajstić information content (AvgIpc) is 2.68. The number of hydrogen-bond donors (Lipinski definition) is 1. The standard InChI is InChI=1S/C21H15ClFNO3/c22-16-8-4-7-15(13-16)21(26)27-19(14-5-2-1-3-6-14)20(25)24-18-11-9-17(23)10-12-18/h1-13,19H,(H,24,25)/t19-/m0/s1. The molecule has 6 heteroatoms. The van der Waals surface area contributed by atoms with E-state index in [9.17, 15) is 14.0 Å². The molecule has 0 aliphatic heterocycles. The molecular weight excluding hydrogens is 369 g/mol. The summed E-state index contributed by atoms with van der Waals surface area (Å²) in [6.07, 6.45) is -1.18. The lowest BCUT2D eigenvalue weighted by atomic mass is 10.1. The normalized spacial score (nSPS) is 11.5. The Labute approximate surface area is 160 Å². The fraction of sp³-hybridized carbons (Fsp3) is 0.0476. The summed E-state index contributed by atoms with van der Waals surface area (Å²) >= 11 is 5.91. The van der Waals surface area contributed by atoms with E-state index in [1.165, 1.54) is 30.3 Å². The molecule has 4 nitrogen and oxygen atoms in total. The quantitative estimate of drug-likeness (QED) is 0.630. The summed E-state index contributed by atoms with van der Waals surface area (Å²) in [5.74, 6) is -1.65. The minimum atomic E-state index is -1.18. The van der Waals surface area contributed by atoms with Crippen LogP contribution in [-0.2, 0) is 9.53 Å². The van der Waals surface area contributed by atoms with Crippen molar-refractivity contribution in [1.82, 2.24) is 0 Å². The van der Waals surface area contributed by atoms with Gasteiger partial charge < -0.3 is 10.1 Å². The molecule has 1 atom stereocenters. The molecule has 0 saturated carbocycles. The van der Waals surface area contributed by atoms with Crippen molar-refractivity contribution >= 4 is 29.2 Å². The molecule has 0 heterocycles. The van der Waals surface area contributed by atoms with Gasteiger partial charge in [-0.05, 0) is 42.5 Å². The van der Waals surface area contributed by atoms with Crippen molar-refractivity contribution in [2.24, 2.45) is 0 Å². The van der Waals surface area contributed by atoms with Crippen LogP contribution in [0.5, 0.6) is 0 Å². The minimum absolute atomic E-state index is 0.234. The third-order valence-electron chi connectivity index (χ3n) is 3.74. The Kier molecular flexibility index (Phi) is 5.84. The lowest BCUT2D eigenvalue weighted by molar-refractivity contribution is -0.125. The number of anilines is 1. The first-order valence-corrected chi connectivity index (χ1v) is 8.48. The summed E-state index contributed by atoms with van der Waals surface area (Å²) < 4.78 is 18.5. The predicted molar refractivity (Wildman–Crippen MR) is 101 cm³/mol. The molecule has 0 fully saturated rings. The molecule has 0 aliphatic carbocycles. The molecule has 1 N–H and O–H groups in total. The smallest absolute Gasteiger partial charge is 0.339 e. The molecule has 27 heavy (non-hydrogen) atoms. The predicted octanol–water partition coefficient (Wildman–Crippen LogP) is 5.02. The van der Waals surface area contributed by atoms with Gasteiger partial charge in [-0.25, -0.2) is 9.18 Å². The molecule has 0 aromatic heterocycles. The van der Waals surface area contributed by atoms with E-state index in [-0.39, 0.29) is 5.56 Å². The number of hydrogen-bond acceptors (Lipinski definition) is 3. The van der Waals surface area contributed by atoms with Crippen molar-refractivity contribution in [1.29, 1.82) is 0 Å². The Morgan fingerprint density at radius 3 is 2.30 bits per heavy atom. The highest BCUT2D eigenvalue weighted by molar-refractivity contribution is 6.30. The molecule has 136 valence electrons. The first-order chi connectivity index (χ1) is 13.0. The van der Waals surface area contributed by atoms with Gasteiger partial charge in [0.15, 0.2) is 0 Å². The number of halogens is 2. The van der Waals surface area contributed by atoms with Crippen molar-refractivity contribution in [3.8, 4) is 0 Å². The highest BCUT2D eigenvalue weighted by Crippen LogP contribution is 2.22. The molecule has 0 unspecified atom stereocenters. The Bertz CT molecular complexity index is 945. The van der Waals surface area contributed by atoms with Crippen LogP contribution in [0, 0.1) is 5.82 Å². The second kappa shape index (κ2) is 8.47. The SMILES string of the molecule is O=C(O[C@H](C(=O)Nc1ccc(F)cc1)c1ccccc1)c1cccc(Cl)c1. The maximum atomic E-state index is 13.0. The van der Waals surface area contributed by atoms with E-state index in [1.807, 2.05) is 0 Å². The third-order valence-corrected chi connectivity index (χ3v) is 3.97. The van der Waals surface area contributed by atoms with Gasteiger partial charge in [-0.15, -0.1) is 0 Å². The van der Waals surface area contributed by atoms with Crippen LogP contribution in [-0.4, -0.2) is 11.9 Å². The molecule has 0 bridgehead atoms. The maximum absolute atomic E-state index is 13.0. The summed E-state index contributed by atoms with van der Waals surface area (Å²) in [6.45, 7) is 0. The van der Waals surface area contributed by atoms with Crippen LogP contribution in [0.25, 0.3) is 0 Å². The fourth-order valence-corrected chi connectivity index (χ4v) is 2.62. The van der Waals surface area contributed by atoms with Crippen LogP contribution >= 0.6 is 11.6 Å². The highest BCUT2D eigenvalue weighted by Gasteiger charge is 2.26. The van der Waals surface area contributed by atoms with E-state index >= 15 is 0 Å². The molecule has 0 saturated heterocycles. The molecule has 0 spiro atoms. The van der Waals surface area contributed by atoms with Crippen LogP contribution < -0.4 is 5.32 Å². The lowest BCUT2D eigenvalue weighted by Crippen LogP contribution is -2.26. The number of ether oxygens (including phenoxy) is 1. The van der Waals surface area contributed by atoms with Gasteiger partial charge in [-0.3, -0.25) is 4.79 Å². The molecule has 0 aliphatic rings. The Hall–Kier alpha value is -3.18. The number of carbonyl (C=O) groups is 2. The number of carbonyl (C=O) groups excluding carboxylic acids is 2. The lowest BCUT2D eigenvalue weighted by Gasteiger charge is -2.18. The zero-order valence-corrected chi connectivity index (χ0v) is 14.8. The molecule has 1 amide bonds. The van der Waals surface area contributed by atoms with Crippen molar-refractivity contribution in [2.75, 3.05) is 5.32 Å². The van der Waals surface area contributed by atoms with Gasteiger partial charge in [0.2, 0.25) is 6.10 Å². The molecule has 3 aromatic rings. The summed E-state index contributed by atoms with van der Waals surface area (Å²) in [4.78, 5) is 25.2. The number of esters is 1. The van der Waals surface area contributed by atoms with E-state index in [1.54, 1.807) is 48.5 Å². The zero-order chi connectivity index (χ0) is 19.2. The van der Waals surface area contributed by atoms with Crippen molar-refractivity contribution in [3.05, 3.63) is 101 Å². The number of amides is 1. The first kappa shape index (κ1) is 18.6. The number of rotatable bonds is 5. The molecule has 3 rings (SSSR count). The van der Waals surface area contributed by atoms with Gasteiger partial charge in [0.05, 0.1) is 5.56 Å². The van der Waals surface area contributed by atoms with Gasteiger partial charge in [0.1, 0.15) is 5.82 Å². The molecule has 3 aromatic carbocycles. The largest absolute Gasteiger partial charge is 0.444 e. The minimum Gasteiger partial charge on any atom is -0.444 e. The Morgan fingerprint density at radius 1 is 0.926 bits per heavy atom. The van der Waals surface area contributed by atoms with Crippen molar-refractivity contribution in [3.63, 3.8) is 0 Å². The van der Waals surface area contributed by atoms with E-state index in [0.29, 0.717) is 16.3 Å². The van der Waals surface area contributed by atoms with Crippen LogP contribution in [0.4, 0.5) is 10.1 Å². The summed E-state index contributed by atoms with van der Waals surface area (Å²) in [6, 6.07) is 20.2. The fourth-order valence-electron chi connectivity index (χ4n) is 2.43. The number of benzene rings is 3. The van der Waals surface area contributed by atoms with E-state index < -0.39 is 23.8 Å². The summed E-state index contributed by atoms with van der Waals surface area (Å²) in [7, 11) is 0. The number of nitrogens with one attached hydrogen (secondary N) is 1. The summed E-state index contributed by atoms with van der Waals surface area (Å²) in [5, 5.41) is 3.01. The Balaban J connectivity index is 1.83. The zero-order valence-electron chi connectivity index (χ0n) is 14.1. The van der Waals surface area contributed by atoms with Crippen LogP contribution in [0.15, 0.2) is 78.9 Å². The van der Waals surface area contributed by atoms with Gasteiger partial charge in [-0.1, -0.05) is 48.0 Å². The van der Waals surface area contributed by atoms with Crippen molar-refractivity contribution < 1.29 is 18.7 Å². The second-order valence-electron chi connectivity index (χ2n) is 5.70. The van der Waals surface area contributed by atoms with Gasteiger partial charge >= 0.3 is 5.97 Å². The third kappa shape index (κ3) is 4.92. The van der Waals surface area contributed by atoms with Gasteiger partial charge in [-0.2, -0.15) is 0 Å². The van der Waals surface area contributed by atoms with Gasteiger partial charge in [0.25, 0.3) is 5.91 Å².